The molecule has 0 aliphatic heterocycles. The summed E-state index contributed by atoms with van der Waals surface area (Å²) in [5.74, 6) is 0. The van der Waals surface area contributed by atoms with Crippen LogP contribution in [0.4, 0.5) is 0 Å². The van der Waals surface area contributed by atoms with Gasteiger partial charge in [0, 0.05) is 17.5 Å². The van der Waals surface area contributed by atoms with Gasteiger partial charge in [-0.2, -0.15) is 0 Å². The van der Waals surface area contributed by atoms with Crippen LogP contribution >= 0.6 is 15.2 Å². The van der Waals surface area contributed by atoms with Crippen molar-refractivity contribution in [1.82, 2.24) is 15.0 Å². The van der Waals surface area contributed by atoms with Gasteiger partial charge in [0.15, 0.2) is 0 Å². The maximum absolute atomic E-state index is 11.3. The van der Waals surface area contributed by atoms with Crippen molar-refractivity contribution < 1.29 is 147 Å². The minimum atomic E-state index is -5.70. The molecule has 30 heavy (non-hydrogen) atoms. The van der Waals surface area contributed by atoms with E-state index >= 15 is 0 Å². The maximum atomic E-state index is 11.3. The molecule has 0 fully saturated rings. The van der Waals surface area contributed by atoms with Crippen molar-refractivity contribution in [3.05, 3.63) is 35.2 Å². The van der Waals surface area contributed by atoms with Crippen LogP contribution in [0.2, 0.25) is 0 Å². The first kappa shape index (κ1) is 40.1. The molecule has 0 unspecified atom stereocenters. The zero-order valence-electron chi connectivity index (χ0n) is 19.2. The van der Waals surface area contributed by atoms with Gasteiger partial charge in [0.25, 0.3) is 0 Å². The Labute approximate surface area is 266 Å². The van der Waals surface area contributed by atoms with Crippen LogP contribution in [-0.2, 0) is 22.1 Å². The van der Waals surface area contributed by atoms with Gasteiger partial charge < -0.3 is 28.7 Å². The number of nitrogens with zero attached hydrogens (tertiary/aromatic N) is 3. The van der Waals surface area contributed by atoms with E-state index in [1.54, 1.807) is 0 Å². The average molecular weight is 495 g/mol. The van der Waals surface area contributed by atoms with Crippen molar-refractivity contribution in [3.63, 3.8) is 0 Å². The Bertz CT molecular complexity index is 765. The Kier molecular flexibility index (Phi) is 23.2. The van der Waals surface area contributed by atoms with Gasteiger partial charge in [0.1, 0.15) is 0 Å². The minimum absolute atomic E-state index is 0. The molecule has 1 heterocycles. The van der Waals surface area contributed by atoms with Gasteiger partial charge in [-0.05, 0) is 40.5 Å². The number of aromatic nitrogens is 3. The summed E-state index contributed by atoms with van der Waals surface area (Å²) in [6.07, 6.45) is 6.31. The molecule has 9 nitrogen and oxygen atoms in total. The van der Waals surface area contributed by atoms with E-state index in [4.69, 9.17) is 0 Å². The molecule has 0 aromatic carbocycles. The first-order valence-corrected chi connectivity index (χ1v) is 11.1. The van der Waals surface area contributed by atoms with Crippen LogP contribution in [0.15, 0.2) is 29.5 Å². The third kappa shape index (κ3) is 13.1. The molecule has 15 heteroatoms. The smallest absolute Gasteiger partial charge is 0.810 e. The predicted molar refractivity (Wildman–Crippen MR) is 89.8 cm³/mol. The Morgan fingerprint density at radius 1 is 1.03 bits per heavy atom. The van der Waals surface area contributed by atoms with Gasteiger partial charge in [0.05, 0.1) is 12.2 Å². The van der Waals surface area contributed by atoms with Crippen LogP contribution in [0.5, 0.6) is 0 Å². The molecule has 0 bridgehead atoms. The van der Waals surface area contributed by atoms with Crippen LogP contribution in [-0.4, -0.2) is 19.9 Å². The van der Waals surface area contributed by atoms with Crippen molar-refractivity contribution in [2.75, 3.05) is 0 Å². The first-order valence-electron chi connectivity index (χ1n) is 7.98. The van der Waals surface area contributed by atoms with Crippen molar-refractivity contribution in [2.45, 2.75) is 58.4 Å². The average Bonchev–Trinajstić information content (AvgIpc) is 2.89. The second kappa shape index (κ2) is 17.4. The van der Waals surface area contributed by atoms with Crippen LogP contribution < -0.4 is 138 Å². The fourth-order valence-corrected chi connectivity index (χ4v) is 4.05. The molecule has 1 aromatic heterocycles. The SMILES string of the molecule is CC(C)=CCCC(C)=CCn1cc(CC(C)(P(=O)([O-])[O-])P(=O)([O-])[O-])nn1.[Na+].[Na+].[Na+].[Na+]. The van der Waals surface area contributed by atoms with E-state index in [0.29, 0.717) is 13.5 Å². The van der Waals surface area contributed by atoms with Crippen molar-refractivity contribution >= 4 is 15.2 Å². The molecule has 0 aliphatic rings. The molecule has 1 rings (SSSR count). The number of hydrogen-bond donors (Lipinski definition) is 0. The summed E-state index contributed by atoms with van der Waals surface area (Å²) in [7, 11) is -11.4. The Morgan fingerprint density at radius 3 is 1.97 bits per heavy atom. The van der Waals surface area contributed by atoms with E-state index in [1.165, 1.54) is 16.5 Å². The molecule has 0 saturated carbocycles. The van der Waals surface area contributed by atoms with E-state index in [2.05, 4.69) is 16.4 Å². The summed E-state index contributed by atoms with van der Waals surface area (Å²) in [5, 5.41) is 7.44. The molecule has 0 N–H and O–H groups in total. The third-order valence-corrected chi connectivity index (χ3v) is 8.15. The van der Waals surface area contributed by atoms with Gasteiger partial charge in [0.2, 0.25) is 0 Å². The molecule has 0 amide bonds. The van der Waals surface area contributed by atoms with E-state index in [9.17, 15) is 28.7 Å². The molecule has 0 atom stereocenters. The summed E-state index contributed by atoms with van der Waals surface area (Å²) < 4.78 is 24.0. The summed E-state index contributed by atoms with van der Waals surface area (Å²) in [5.41, 5.74) is 2.31. The summed E-state index contributed by atoms with van der Waals surface area (Å²) >= 11 is 0. The van der Waals surface area contributed by atoms with Crippen LogP contribution in [0.25, 0.3) is 0 Å². The van der Waals surface area contributed by atoms with Gasteiger partial charge in [-0.25, -0.2) is 4.68 Å². The van der Waals surface area contributed by atoms with Crippen LogP contribution in [0.3, 0.4) is 0 Å². The van der Waals surface area contributed by atoms with E-state index in [0.717, 1.165) is 18.4 Å². The van der Waals surface area contributed by atoms with Crippen molar-refractivity contribution in [1.29, 1.82) is 0 Å². The summed E-state index contributed by atoms with van der Waals surface area (Å²) in [6, 6.07) is 0. The standard InChI is InChI=1S/C15H27N3O6P2.4Na/c1-12(2)6-5-7-13(3)8-9-18-11-14(16-17-18)10-15(4,25(19,20)21)26(22,23)24;;;;/h6,8,11H,5,7,9-10H2,1-4H3,(H2,19,20,21)(H2,22,23,24);;;;/q;4*+1/p-4. The summed E-state index contributed by atoms with van der Waals surface area (Å²) in [4.78, 5) is 42.2. The fourth-order valence-electron chi connectivity index (χ4n) is 2.14. The molecule has 0 radical (unpaired) electrons. The van der Waals surface area contributed by atoms with Gasteiger partial charge >= 0.3 is 118 Å². The predicted octanol–water partition coefficient (Wildman–Crippen LogP) is -11.9. The van der Waals surface area contributed by atoms with Gasteiger partial charge in [-0.1, -0.05) is 43.7 Å². The molecule has 148 valence electrons. The Hall–Kier alpha value is 2.92. The van der Waals surface area contributed by atoms with E-state index < -0.39 is 26.5 Å². The molecule has 1 aromatic rings. The molecule has 0 aliphatic carbocycles. The third-order valence-electron chi connectivity index (χ3n) is 4.00. The first-order chi connectivity index (χ1) is 11.8. The monoisotopic (exact) mass is 495 g/mol. The molecule has 0 saturated heterocycles. The van der Waals surface area contributed by atoms with Gasteiger partial charge in [-0.15, -0.1) is 5.10 Å². The minimum Gasteiger partial charge on any atom is -0.810 e. The Morgan fingerprint density at radius 2 is 1.53 bits per heavy atom. The second-order valence-corrected chi connectivity index (χ2v) is 11.0. The molecular weight excluding hydrogens is 472 g/mol. The maximum Gasteiger partial charge on any atom is 1.00 e. The quantitative estimate of drug-likeness (QED) is 0.186. The fraction of sp³-hybridized carbons (Fsp3) is 0.600. The van der Waals surface area contributed by atoms with Crippen LogP contribution in [0.1, 0.15) is 46.2 Å². The molecular formula is C15H23N3Na4O6P2. The number of hydrogen-bond acceptors (Lipinski definition) is 8. The van der Waals surface area contributed by atoms with Crippen LogP contribution in [0, 0.1) is 0 Å². The zero-order valence-corrected chi connectivity index (χ0v) is 29.0. The molecule has 0 spiro atoms. The number of rotatable bonds is 9. The van der Waals surface area contributed by atoms with E-state index in [-0.39, 0.29) is 124 Å². The largest absolute Gasteiger partial charge is 1.00 e. The van der Waals surface area contributed by atoms with E-state index in [1.807, 2.05) is 26.8 Å². The second-order valence-electron chi connectivity index (χ2n) is 6.69. The van der Waals surface area contributed by atoms with Crippen molar-refractivity contribution in [2.24, 2.45) is 0 Å². The Balaban J connectivity index is -0.000000845. The van der Waals surface area contributed by atoms with Crippen molar-refractivity contribution in [3.8, 4) is 0 Å². The van der Waals surface area contributed by atoms with Gasteiger partial charge in [-0.3, -0.25) is 0 Å². The topological polar surface area (TPSA) is 157 Å². The normalized spacial score (nSPS) is 11.9. The zero-order chi connectivity index (χ0) is 20.2. The number of allylic oxidation sites excluding steroid dienone is 4. The summed E-state index contributed by atoms with van der Waals surface area (Å²) in [6.45, 7) is 6.97.